The average molecular weight is 493 g/mol. The van der Waals surface area contributed by atoms with E-state index in [4.69, 9.17) is 11.6 Å². The van der Waals surface area contributed by atoms with Crippen molar-refractivity contribution in [2.24, 2.45) is 0 Å². The molecule has 1 heterocycles. The third kappa shape index (κ3) is 4.65. The van der Waals surface area contributed by atoms with Crippen LogP contribution in [0.5, 0.6) is 5.75 Å². The zero-order valence-corrected chi connectivity index (χ0v) is 18.8. The highest BCUT2D eigenvalue weighted by Gasteiger charge is 2.28. The van der Waals surface area contributed by atoms with Crippen molar-refractivity contribution in [3.05, 3.63) is 76.8 Å². The van der Waals surface area contributed by atoms with Gasteiger partial charge in [-0.2, -0.15) is 0 Å². The number of rotatable bonds is 5. The number of nitrogens with zero attached hydrogens (tertiary/aromatic N) is 1. The lowest BCUT2D eigenvalue weighted by Crippen LogP contribution is -2.28. The molecule has 172 valence electrons. The molecule has 3 aromatic rings. The number of aromatic hydroxyl groups is 1. The number of carbonyl (C=O) groups excluding carboxylic acids is 1. The van der Waals surface area contributed by atoms with Gasteiger partial charge in [0.25, 0.3) is 15.9 Å². The Balaban J connectivity index is 1.74. The fourth-order valence-electron chi connectivity index (χ4n) is 3.67. The maximum atomic E-state index is 14.5. The molecule has 4 rings (SSSR count). The summed E-state index contributed by atoms with van der Waals surface area (Å²) in [5, 5.41) is 9.94. The van der Waals surface area contributed by atoms with Crippen molar-refractivity contribution in [1.82, 2.24) is 4.90 Å². The van der Waals surface area contributed by atoms with Crippen molar-refractivity contribution in [2.45, 2.75) is 17.7 Å². The Morgan fingerprint density at radius 1 is 1.00 bits per heavy atom. The first-order valence-corrected chi connectivity index (χ1v) is 11.9. The van der Waals surface area contributed by atoms with Gasteiger partial charge in [-0.05, 0) is 48.2 Å². The number of halogens is 3. The van der Waals surface area contributed by atoms with E-state index >= 15 is 0 Å². The van der Waals surface area contributed by atoms with Crippen molar-refractivity contribution in [3.8, 4) is 16.9 Å². The van der Waals surface area contributed by atoms with E-state index in [-0.39, 0.29) is 16.1 Å². The minimum absolute atomic E-state index is 0.0373. The molecule has 0 saturated carbocycles. The molecule has 0 bridgehead atoms. The number of carbonyl (C=O) groups is 1. The van der Waals surface area contributed by atoms with Crippen LogP contribution in [0.4, 0.5) is 14.5 Å². The third-order valence-corrected chi connectivity index (χ3v) is 7.00. The number of benzene rings is 3. The molecule has 10 heteroatoms. The van der Waals surface area contributed by atoms with Gasteiger partial charge < -0.3 is 10.0 Å². The largest absolute Gasteiger partial charge is 0.505 e. The summed E-state index contributed by atoms with van der Waals surface area (Å²) in [6.45, 7) is 1.04. The second-order valence-electron chi connectivity index (χ2n) is 7.60. The molecule has 1 aliphatic rings. The molecule has 0 spiro atoms. The number of sulfonamides is 1. The molecule has 1 fully saturated rings. The molecular formula is C23H19ClF2N2O4S. The fourth-order valence-corrected chi connectivity index (χ4v) is 5.14. The maximum absolute atomic E-state index is 14.5. The van der Waals surface area contributed by atoms with Gasteiger partial charge in [-0.3, -0.25) is 9.52 Å². The molecule has 0 radical (unpaired) electrons. The molecule has 0 aromatic heterocycles. The van der Waals surface area contributed by atoms with Crippen molar-refractivity contribution < 1.29 is 27.1 Å². The second kappa shape index (κ2) is 8.99. The Morgan fingerprint density at radius 2 is 1.67 bits per heavy atom. The van der Waals surface area contributed by atoms with Crippen LogP contribution in [-0.4, -0.2) is 37.4 Å². The molecule has 33 heavy (non-hydrogen) atoms. The van der Waals surface area contributed by atoms with E-state index in [1.54, 1.807) is 35.2 Å². The summed E-state index contributed by atoms with van der Waals surface area (Å²) in [5.74, 6) is -3.90. The van der Waals surface area contributed by atoms with Gasteiger partial charge in [0, 0.05) is 18.7 Å². The van der Waals surface area contributed by atoms with E-state index in [1.165, 1.54) is 6.07 Å². The number of hydrogen-bond donors (Lipinski definition) is 2. The molecule has 2 N–H and O–H groups in total. The number of hydrogen-bond acceptors (Lipinski definition) is 4. The second-order valence-corrected chi connectivity index (χ2v) is 9.65. The number of anilines is 1. The van der Waals surface area contributed by atoms with E-state index < -0.39 is 43.9 Å². The first-order valence-electron chi connectivity index (χ1n) is 10.1. The third-order valence-electron chi connectivity index (χ3n) is 5.34. The maximum Gasteiger partial charge on any atom is 0.265 e. The predicted octanol–water partition coefficient (Wildman–Crippen LogP) is 5.03. The Hall–Kier alpha value is -3.17. The summed E-state index contributed by atoms with van der Waals surface area (Å²) < 4.78 is 56.8. The zero-order chi connectivity index (χ0) is 23.8. The Bertz CT molecular complexity index is 1330. The number of phenolic OH excluding ortho intramolecular Hbond substituents is 1. The number of likely N-dealkylation sites (tertiary alicyclic amines) is 1. The van der Waals surface area contributed by atoms with Crippen LogP contribution in [0.2, 0.25) is 5.02 Å². The lowest BCUT2D eigenvalue weighted by molar-refractivity contribution is 0.0792. The highest BCUT2D eigenvalue weighted by atomic mass is 35.5. The SMILES string of the molecule is O=C(c1cc(Cl)c(O)c(S(=O)(=O)Nc2cc(-c3ccccc3)cc(F)c2F)c1)N1CCCC1. The van der Waals surface area contributed by atoms with Gasteiger partial charge >= 0.3 is 0 Å². The topological polar surface area (TPSA) is 86.7 Å². The van der Waals surface area contributed by atoms with Crippen molar-refractivity contribution in [2.75, 3.05) is 17.8 Å². The summed E-state index contributed by atoms with van der Waals surface area (Å²) in [6, 6.07) is 12.7. The van der Waals surface area contributed by atoms with Gasteiger partial charge in [-0.1, -0.05) is 41.9 Å². The first-order chi connectivity index (χ1) is 15.7. The zero-order valence-electron chi connectivity index (χ0n) is 17.2. The molecule has 1 amide bonds. The lowest BCUT2D eigenvalue weighted by Gasteiger charge is -2.17. The van der Waals surface area contributed by atoms with E-state index in [2.05, 4.69) is 0 Å². The standard InChI is InChI=1S/C23H19ClF2N2O4S/c24-17-10-16(23(30)28-8-4-5-9-28)13-20(22(17)29)33(31,32)27-19-12-15(11-18(25)21(19)26)14-6-2-1-3-7-14/h1-3,6-7,10-13,27,29H,4-5,8-9H2. The van der Waals surface area contributed by atoms with Gasteiger partial charge in [0.15, 0.2) is 17.4 Å². The normalized spacial score (nSPS) is 13.8. The molecule has 3 aromatic carbocycles. The van der Waals surface area contributed by atoms with Crippen LogP contribution in [0.25, 0.3) is 11.1 Å². The van der Waals surface area contributed by atoms with Crippen molar-refractivity contribution >= 4 is 33.2 Å². The van der Waals surface area contributed by atoms with E-state index in [0.29, 0.717) is 18.7 Å². The average Bonchev–Trinajstić information content (AvgIpc) is 3.33. The minimum atomic E-state index is -4.65. The first kappa shape index (κ1) is 23.0. The minimum Gasteiger partial charge on any atom is -0.505 e. The highest BCUT2D eigenvalue weighted by Crippen LogP contribution is 2.35. The summed E-state index contributed by atoms with van der Waals surface area (Å²) in [4.78, 5) is 13.5. The summed E-state index contributed by atoms with van der Waals surface area (Å²) in [5.41, 5.74) is 0.0961. The predicted molar refractivity (Wildman–Crippen MR) is 121 cm³/mol. The smallest absolute Gasteiger partial charge is 0.265 e. The molecule has 1 saturated heterocycles. The molecule has 0 atom stereocenters. The summed E-state index contributed by atoms with van der Waals surface area (Å²) in [7, 11) is -4.65. The van der Waals surface area contributed by atoms with Crippen LogP contribution in [0.1, 0.15) is 23.2 Å². The quantitative estimate of drug-likeness (QED) is 0.523. The van der Waals surface area contributed by atoms with Crippen LogP contribution < -0.4 is 4.72 Å². The van der Waals surface area contributed by atoms with Crippen LogP contribution in [0.15, 0.2) is 59.5 Å². The van der Waals surface area contributed by atoms with Crippen molar-refractivity contribution in [1.29, 1.82) is 0 Å². The Labute approximate surface area is 194 Å². The highest BCUT2D eigenvalue weighted by molar-refractivity contribution is 7.92. The van der Waals surface area contributed by atoms with Gasteiger partial charge in [-0.15, -0.1) is 0 Å². The summed E-state index contributed by atoms with van der Waals surface area (Å²) >= 11 is 5.99. The van der Waals surface area contributed by atoms with E-state index in [0.717, 1.165) is 31.0 Å². The van der Waals surface area contributed by atoms with Gasteiger partial charge in [-0.25, -0.2) is 17.2 Å². The van der Waals surface area contributed by atoms with Gasteiger partial charge in [0.05, 0.1) is 10.7 Å². The lowest BCUT2D eigenvalue weighted by atomic mass is 10.0. The fraction of sp³-hybridized carbons (Fsp3) is 0.174. The molecule has 6 nitrogen and oxygen atoms in total. The number of nitrogens with one attached hydrogen (secondary N) is 1. The van der Waals surface area contributed by atoms with Gasteiger partial charge in [0.2, 0.25) is 0 Å². The number of phenols is 1. The van der Waals surface area contributed by atoms with Crippen LogP contribution in [0, 0.1) is 11.6 Å². The molecule has 1 aliphatic heterocycles. The van der Waals surface area contributed by atoms with Crippen molar-refractivity contribution in [3.63, 3.8) is 0 Å². The van der Waals surface area contributed by atoms with E-state index in [1.807, 2.05) is 4.72 Å². The Kier molecular flexibility index (Phi) is 6.27. The molecular weight excluding hydrogens is 474 g/mol. The number of amides is 1. The van der Waals surface area contributed by atoms with Gasteiger partial charge in [0.1, 0.15) is 4.90 Å². The monoisotopic (exact) mass is 492 g/mol. The Morgan fingerprint density at radius 3 is 2.33 bits per heavy atom. The van der Waals surface area contributed by atoms with Crippen LogP contribution >= 0.6 is 11.6 Å². The molecule has 0 unspecified atom stereocenters. The van der Waals surface area contributed by atoms with Crippen LogP contribution in [0.3, 0.4) is 0 Å². The van der Waals surface area contributed by atoms with E-state index in [9.17, 15) is 27.1 Å². The summed E-state index contributed by atoms with van der Waals surface area (Å²) in [6.07, 6.45) is 1.65. The van der Waals surface area contributed by atoms with Crippen LogP contribution in [-0.2, 0) is 10.0 Å². The molecule has 0 aliphatic carbocycles.